The quantitative estimate of drug-likeness (QED) is 0.271. The number of rotatable bonds is 7. The average molecular weight is 547 g/mol. The van der Waals surface area contributed by atoms with Crippen molar-refractivity contribution < 1.29 is 32.7 Å². The fraction of sp³-hybridized carbons (Fsp3) is 0.462. The van der Waals surface area contributed by atoms with Crippen LogP contribution in [0.1, 0.15) is 42.1 Å². The Morgan fingerprint density at radius 3 is 2.53 bits per heavy atom. The Morgan fingerprint density at radius 1 is 1.24 bits per heavy atom. The van der Waals surface area contributed by atoms with E-state index in [9.17, 15) is 27.5 Å². The van der Waals surface area contributed by atoms with E-state index in [4.69, 9.17) is 5.21 Å². The van der Waals surface area contributed by atoms with E-state index in [0.717, 1.165) is 17.4 Å². The van der Waals surface area contributed by atoms with Gasteiger partial charge in [0, 0.05) is 55.5 Å². The lowest BCUT2D eigenvalue weighted by molar-refractivity contribution is -0.131. The molecule has 3 atom stereocenters. The molecule has 1 aromatic heterocycles. The number of alkyl halides is 1. The molecule has 2 aliphatic rings. The predicted octanol–water partition coefficient (Wildman–Crippen LogP) is 1.28. The maximum atomic E-state index is 13.8. The molecule has 204 valence electrons. The number of fused-ring (bicyclic) bond motifs is 1. The molecule has 4 rings (SSSR count). The lowest BCUT2D eigenvalue weighted by Gasteiger charge is -2.32. The van der Waals surface area contributed by atoms with Crippen molar-refractivity contribution in [2.75, 3.05) is 25.9 Å². The van der Waals surface area contributed by atoms with Crippen LogP contribution < -0.4 is 5.48 Å². The third kappa shape index (κ3) is 5.76. The van der Waals surface area contributed by atoms with Crippen molar-refractivity contribution in [1.82, 2.24) is 19.8 Å². The van der Waals surface area contributed by atoms with Gasteiger partial charge in [-0.05, 0) is 43.5 Å². The first-order valence-corrected chi connectivity index (χ1v) is 14.1. The third-order valence-electron chi connectivity index (χ3n) is 7.29. The number of sulfone groups is 1. The number of hydroxylamine groups is 1. The van der Waals surface area contributed by atoms with Gasteiger partial charge in [0.05, 0.1) is 12.6 Å². The highest BCUT2D eigenvalue weighted by molar-refractivity contribution is 7.92. The van der Waals surface area contributed by atoms with Crippen LogP contribution in [0.15, 0.2) is 36.5 Å². The number of hydrogen-bond acceptors (Lipinski definition) is 7. The minimum Gasteiger partial charge on any atom is -0.390 e. The summed E-state index contributed by atoms with van der Waals surface area (Å²) in [6.07, 6.45) is 0.676. The number of benzene rings is 1. The predicted molar refractivity (Wildman–Crippen MR) is 137 cm³/mol. The molecule has 3 N–H and O–H groups in total. The maximum absolute atomic E-state index is 13.8. The van der Waals surface area contributed by atoms with E-state index in [2.05, 4.69) is 11.8 Å². The molecule has 0 spiro atoms. The van der Waals surface area contributed by atoms with Gasteiger partial charge in [-0.2, -0.15) is 0 Å². The number of carbonyl (C=O) groups excluding carboxylic acids is 2. The van der Waals surface area contributed by atoms with Gasteiger partial charge in [-0.15, -0.1) is 0 Å². The summed E-state index contributed by atoms with van der Waals surface area (Å²) >= 11 is 0. The second-order valence-corrected chi connectivity index (χ2v) is 12.5. The third-order valence-corrected chi connectivity index (χ3v) is 9.32. The normalized spacial score (nSPS) is 21.4. The molecule has 2 amide bonds. The summed E-state index contributed by atoms with van der Waals surface area (Å²) in [5.74, 6) is 5.07. The molecular weight excluding hydrogens is 515 g/mol. The van der Waals surface area contributed by atoms with Gasteiger partial charge in [0.25, 0.3) is 5.91 Å². The van der Waals surface area contributed by atoms with Crippen LogP contribution in [0.5, 0.6) is 0 Å². The van der Waals surface area contributed by atoms with E-state index in [0.29, 0.717) is 30.8 Å². The van der Waals surface area contributed by atoms with Gasteiger partial charge in [0.15, 0.2) is 14.6 Å². The van der Waals surface area contributed by atoms with Gasteiger partial charge in [0.2, 0.25) is 0 Å². The number of halogens is 1. The molecule has 12 heteroatoms. The zero-order valence-electron chi connectivity index (χ0n) is 21.2. The van der Waals surface area contributed by atoms with Crippen molar-refractivity contribution in [3.8, 4) is 11.8 Å². The summed E-state index contributed by atoms with van der Waals surface area (Å²) in [5.41, 5.74) is 4.56. The Hall–Kier alpha value is -3.24. The van der Waals surface area contributed by atoms with E-state index in [-0.39, 0.29) is 32.1 Å². The zero-order chi connectivity index (χ0) is 27.7. The van der Waals surface area contributed by atoms with Crippen LogP contribution in [0.25, 0.3) is 0 Å². The van der Waals surface area contributed by atoms with Crippen LogP contribution in [0.2, 0.25) is 0 Å². The average Bonchev–Trinajstić information content (AvgIpc) is 3.41. The molecule has 1 aromatic carbocycles. The molecule has 3 heterocycles. The minimum atomic E-state index is -3.86. The van der Waals surface area contributed by atoms with Gasteiger partial charge in [0.1, 0.15) is 6.17 Å². The van der Waals surface area contributed by atoms with Gasteiger partial charge in [-0.25, -0.2) is 23.1 Å². The van der Waals surface area contributed by atoms with Gasteiger partial charge < -0.3 is 10.0 Å². The lowest BCUT2D eigenvalue weighted by atomic mass is 10.0. The molecule has 1 saturated heterocycles. The Bertz CT molecular complexity index is 1380. The SMILES string of the molecule is C[C@@](CCN1Cc2cc(C#Cc3ccc(CN4CC[C@H](O)[C@@H](F)C4)cc3)cn2C1=O)(C(=O)NO)S(C)(=O)=O. The second-order valence-electron chi connectivity index (χ2n) is 10.0. The fourth-order valence-electron chi connectivity index (χ4n) is 4.60. The van der Waals surface area contributed by atoms with Crippen molar-refractivity contribution in [3.63, 3.8) is 0 Å². The van der Waals surface area contributed by atoms with Crippen molar-refractivity contribution >= 4 is 21.8 Å². The number of carbonyl (C=O) groups is 2. The summed E-state index contributed by atoms with van der Waals surface area (Å²) in [6.45, 7) is 2.92. The number of likely N-dealkylation sites (tertiary alicyclic amines) is 1. The fourth-order valence-corrected chi connectivity index (χ4v) is 5.44. The summed E-state index contributed by atoms with van der Waals surface area (Å²) in [5, 5.41) is 18.5. The molecule has 38 heavy (non-hydrogen) atoms. The molecule has 0 saturated carbocycles. The van der Waals surface area contributed by atoms with Crippen LogP contribution in [0.4, 0.5) is 9.18 Å². The standard InChI is InChI=1S/C26H31FN4O6S/c1-26(24(33)28-35,38(2,36)37)10-12-30-16-21-13-20(15-31(21)25(30)34)8-5-18-3-6-19(7-4-18)14-29-11-9-23(32)22(27)17-29/h3-4,6-7,13,15,22-23,32,35H,9-12,14,16-17H2,1-2H3,(H,28,33)/t22-,23-,26+/m0/s1. The zero-order valence-corrected chi connectivity index (χ0v) is 22.0. The van der Waals surface area contributed by atoms with E-state index >= 15 is 0 Å². The molecule has 0 aliphatic carbocycles. The van der Waals surface area contributed by atoms with Crippen molar-refractivity contribution in [3.05, 3.63) is 58.9 Å². The topological polar surface area (TPSA) is 132 Å². The number of piperidine rings is 1. The van der Waals surface area contributed by atoms with Crippen LogP contribution in [-0.4, -0.2) is 87.9 Å². The molecule has 2 aromatic rings. The first kappa shape index (κ1) is 27.8. The molecule has 1 fully saturated rings. The summed E-state index contributed by atoms with van der Waals surface area (Å²) in [6, 6.07) is 9.07. The number of aliphatic hydroxyl groups excluding tert-OH is 1. The summed E-state index contributed by atoms with van der Waals surface area (Å²) in [4.78, 5) is 28.3. The molecule has 10 nitrogen and oxygen atoms in total. The van der Waals surface area contributed by atoms with Gasteiger partial charge in [-0.3, -0.25) is 19.5 Å². The van der Waals surface area contributed by atoms with Crippen molar-refractivity contribution in [2.45, 2.75) is 49.9 Å². The number of amides is 2. The highest BCUT2D eigenvalue weighted by Gasteiger charge is 2.44. The molecular formula is C26H31FN4O6S. The number of aromatic nitrogens is 1. The molecule has 0 bridgehead atoms. The highest BCUT2D eigenvalue weighted by atomic mass is 32.2. The largest absolute Gasteiger partial charge is 0.390 e. The van der Waals surface area contributed by atoms with E-state index < -0.39 is 32.8 Å². The van der Waals surface area contributed by atoms with Crippen LogP contribution in [0.3, 0.4) is 0 Å². The second kappa shape index (κ2) is 10.9. The first-order valence-electron chi connectivity index (χ1n) is 12.2. The van der Waals surface area contributed by atoms with E-state index in [1.807, 2.05) is 29.2 Å². The monoisotopic (exact) mass is 546 g/mol. The molecule has 0 radical (unpaired) electrons. The van der Waals surface area contributed by atoms with E-state index in [1.54, 1.807) is 12.3 Å². The van der Waals surface area contributed by atoms with Crippen LogP contribution in [-0.2, 0) is 27.7 Å². The van der Waals surface area contributed by atoms with E-state index in [1.165, 1.54) is 21.9 Å². The lowest BCUT2D eigenvalue weighted by Crippen LogP contribution is -2.50. The number of nitrogens with zero attached hydrogens (tertiary/aromatic N) is 3. The Kier molecular flexibility index (Phi) is 7.94. The molecule has 2 aliphatic heterocycles. The Balaban J connectivity index is 1.36. The highest BCUT2D eigenvalue weighted by Crippen LogP contribution is 2.25. The Morgan fingerprint density at radius 2 is 1.92 bits per heavy atom. The maximum Gasteiger partial charge on any atom is 0.328 e. The smallest absolute Gasteiger partial charge is 0.328 e. The van der Waals surface area contributed by atoms with Crippen LogP contribution >= 0.6 is 0 Å². The van der Waals surface area contributed by atoms with Crippen molar-refractivity contribution in [2.24, 2.45) is 0 Å². The number of hydrogen-bond donors (Lipinski definition) is 3. The number of aliphatic hydroxyl groups is 1. The van der Waals surface area contributed by atoms with Crippen LogP contribution in [0, 0.1) is 11.8 Å². The molecule has 0 unspecified atom stereocenters. The summed E-state index contributed by atoms with van der Waals surface area (Å²) in [7, 11) is -3.86. The Labute approximate surface area is 220 Å². The number of nitrogens with one attached hydrogen (secondary N) is 1. The van der Waals surface area contributed by atoms with Gasteiger partial charge >= 0.3 is 6.03 Å². The first-order chi connectivity index (χ1) is 17.9. The van der Waals surface area contributed by atoms with Gasteiger partial charge in [-0.1, -0.05) is 24.0 Å². The summed E-state index contributed by atoms with van der Waals surface area (Å²) < 4.78 is 37.6. The minimum absolute atomic E-state index is 0.00879. The van der Waals surface area contributed by atoms with Crippen molar-refractivity contribution in [1.29, 1.82) is 0 Å².